The van der Waals surface area contributed by atoms with E-state index in [2.05, 4.69) is 174 Å². The molecule has 0 atom stereocenters. The van der Waals surface area contributed by atoms with Crippen molar-refractivity contribution in [2.24, 2.45) is 15.0 Å². The van der Waals surface area contributed by atoms with Crippen LogP contribution in [0.15, 0.2) is 106 Å². The Balaban J connectivity index is 1.35. The number of rotatable bonds is 6. The predicted octanol–water partition coefficient (Wildman–Crippen LogP) is 10.7. The summed E-state index contributed by atoms with van der Waals surface area (Å²) in [6.45, 7) is 25.3. The molecule has 3 heterocycles. The summed E-state index contributed by atoms with van der Waals surface area (Å²) in [5.41, 5.74) is 7.17. The number of hydrogen-bond donors (Lipinski definition) is 0. The second-order valence-corrected chi connectivity index (χ2v) is 17.3. The summed E-state index contributed by atoms with van der Waals surface area (Å²) in [5, 5.41) is 0. The molecule has 0 N–H and O–H groups in total. The Kier molecular flexibility index (Phi) is 7.76. The Hall–Kier alpha value is -4.71. The molecule has 3 aliphatic heterocycles. The molecule has 4 aromatic carbocycles. The van der Waals surface area contributed by atoms with Gasteiger partial charge in [0, 0.05) is 16.7 Å². The van der Waals surface area contributed by atoms with Gasteiger partial charge in [0.1, 0.15) is 16.8 Å². The lowest BCUT2D eigenvalue weighted by Crippen LogP contribution is -2.41. The van der Waals surface area contributed by atoms with E-state index in [1.54, 1.807) is 0 Å². The highest BCUT2D eigenvalue weighted by molar-refractivity contribution is 5.99. The van der Waals surface area contributed by atoms with Crippen molar-refractivity contribution in [3.8, 4) is 33.4 Å². The summed E-state index contributed by atoms with van der Waals surface area (Å²) in [7, 11) is 0. The van der Waals surface area contributed by atoms with Gasteiger partial charge in [0.15, 0.2) is 0 Å². The van der Waals surface area contributed by atoms with E-state index < -0.39 is 16.8 Å². The first-order chi connectivity index (χ1) is 23.7. The van der Waals surface area contributed by atoms with Crippen molar-refractivity contribution in [3.63, 3.8) is 0 Å². The van der Waals surface area contributed by atoms with Gasteiger partial charge in [-0.3, -0.25) is 0 Å². The Morgan fingerprint density at radius 2 is 0.529 bits per heavy atom. The van der Waals surface area contributed by atoms with E-state index in [1.807, 2.05) is 0 Å². The third-order valence-corrected chi connectivity index (χ3v) is 11.9. The van der Waals surface area contributed by atoms with E-state index in [-0.39, 0.29) is 16.6 Å². The molecule has 0 radical (unpaired) electrons. The van der Waals surface area contributed by atoms with Gasteiger partial charge in [-0.25, -0.2) is 15.0 Å². The Morgan fingerprint density at radius 1 is 0.314 bits per heavy atom. The average molecular weight is 682 g/mol. The van der Waals surface area contributed by atoms with Crippen LogP contribution in [0.5, 0.6) is 0 Å². The van der Waals surface area contributed by atoms with Gasteiger partial charge in [-0.2, -0.15) is 0 Å². The molecule has 0 bridgehead atoms. The largest absolute Gasteiger partial charge is 0.469 e. The van der Waals surface area contributed by atoms with Crippen LogP contribution in [0.25, 0.3) is 33.4 Å². The summed E-state index contributed by atoms with van der Waals surface area (Å²) in [6, 6.07) is 32.3. The van der Waals surface area contributed by atoms with Gasteiger partial charge in [0.25, 0.3) is 0 Å². The van der Waals surface area contributed by atoms with Crippen LogP contribution in [-0.4, -0.2) is 51.1 Å². The van der Waals surface area contributed by atoms with Crippen LogP contribution in [0, 0.1) is 0 Å². The summed E-state index contributed by atoms with van der Waals surface area (Å²) in [6.07, 6.45) is 0. The lowest BCUT2D eigenvalue weighted by Gasteiger charge is -2.30. The standard InChI is InChI=1S/C45H51N3O3/c1-40(2)43(7,8)49-37(46-40)31-19-13-16-28(22-31)34-25-35(29-17-14-20-32(23-29)38-47-41(3,4)44(9,10)50-38)27-36(26-34)30-18-15-21-33(24-30)39-48-42(5,6)45(11,12)51-39/h13-27H,1-12H3. The van der Waals surface area contributed by atoms with E-state index >= 15 is 0 Å². The first-order valence-corrected chi connectivity index (χ1v) is 18.0. The zero-order valence-electron chi connectivity index (χ0n) is 32.2. The number of ether oxygens (including phenoxy) is 3. The van der Waals surface area contributed by atoms with Gasteiger partial charge in [0.2, 0.25) is 17.7 Å². The minimum atomic E-state index is -0.406. The van der Waals surface area contributed by atoms with Crippen molar-refractivity contribution in [1.82, 2.24) is 0 Å². The molecule has 0 aromatic heterocycles. The average Bonchev–Trinajstić information content (AvgIpc) is 3.54. The van der Waals surface area contributed by atoms with E-state index in [4.69, 9.17) is 29.2 Å². The fourth-order valence-corrected chi connectivity index (χ4v) is 6.33. The molecule has 0 spiro atoms. The van der Waals surface area contributed by atoms with Crippen molar-refractivity contribution >= 4 is 17.7 Å². The SMILES string of the molecule is CC1(C)N=C(c2cccc(-c3cc(-c4cccc(C5=NC(C)(C)C(C)(C)O5)c4)cc(-c4cccc(C5=NC(C)(C)C(C)(C)O5)c4)c3)c2)OC1(C)C. The minimum Gasteiger partial charge on any atom is -0.469 e. The minimum absolute atomic E-state index is 0.336. The van der Waals surface area contributed by atoms with Gasteiger partial charge in [-0.05, 0) is 171 Å². The lowest BCUT2D eigenvalue weighted by molar-refractivity contribution is 0.0618. The Labute approximate surface area is 303 Å². The molecule has 3 aliphatic rings. The predicted molar refractivity (Wildman–Crippen MR) is 210 cm³/mol. The number of hydrogen-bond acceptors (Lipinski definition) is 6. The van der Waals surface area contributed by atoms with Gasteiger partial charge >= 0.3 is 0 Å². The third kappa shape index (κ3) is 6.07. The highest BCUT2D eigenvalue weighted by Crippen LogP contribution is 2.41. The van der Waals surface area contributed by atoms with E-state index in [0.717, 1.165) is 50.1 Å². The number of nitrogens with zero attached hydrogens (tertiary/aromatic N) is 3. The van der Waals surface area contributed by atoms with Gasteiger partial charge in [0.05, 0.1) is 16.6 Å². The van der Waals surface area contributed by atoms with Crippen LogP contribution >= 0.6 is 0 Å². The normalized spacial score (nSPS) is 21.5. The maximum atomic E-state index is 6.41. The molecule has 0 unspecified atom stereocenters. The topological polar surface area (TPSA) is 64.8 Å². The first-order valence-electron chi connectivity index (χ1n) is 18.0. The molecular formula is C45H51N3O3. The quantitative estimate of drug-likeness (QED) is 0.203. The zero-order chi connectivity index (χ0) is 36.8. The van der Waals surface area contributed by atoms with Crippen LogP contribution in [0.1, 0.15) is 99.8 Å². The molecule has 0 amide bonds. The van der Waals surface area contributed by atoms with Crippen molar-refractivity contribution in [2.75, 3.05) is 0 Å². The fourth-order valence-electron chi connectivity index (χ4n) is 6.33. The number of aliphatic imine (C=N–C) groups is 3. The summed E-state index contributed by atoms with van der Waals surface area (Å²) >= 11 is 0. The summed E-state index contributed by atoms with van der Waals surface area (Å²) in [4.78, 5) is 15.0. The molecular weight excluding hydrogens is 631 g/mol. The second kappa shape index (κ2) is 11.4. The van der Waals surface area contributed by atoms with E-state index in [9.17, 15) is 0 Å². The third-order valence-electron chi connectivity index (χ3n) is 11.9. The van der Waals surface area contributed by atoms with Crippen LogP contribution in [-0.2, 0) is 14.2 Å². The Bertz CT molecular complexity index is 1890. The van der Waals surface area contributed by atoms with Gasteiger partial charge in [-0.15, -0.1) is 0 Å². The van der Waals surface area contributed by atoms with Crippen LogP contribution < -0.4 is 0 Å². The maximum absolute atomic E-state index is 6.41. The molecule has 51 heavy (non-hydrogen) atoms. The zero-order valence-corrected chi connectivity index (χ0v) is 32.2. The van der Waals surface area contributed by atoms with Crippen LogP contribution in [0.4, 0.5) is 0 Å². The van der Waals surface area contributed by atoms with E-state index in [1.165, 1.54) is 0 Å². The highest BCUT2D eigenvalue weighted by Gasteiger charge is 2.47. The monoisotopic (exact) mass is 681 g/mol. The molecule has 0 saturated heterocycles. The van der Waals surface area contributed by atoms with Crippen molar-refractivity contribution in [3.05, 3.63) is 108 Å². The second-order valence-electron chi connectivity index (χ2n) is 17.3. The first kappa shape index (κ1) is 34.7. The van der Waals surface area contributed by atoms with Crippen LogP contribution in [0.3, 0.4) is 0 Å². The molecule has 0 saturated carbocycles. The van der Waals surface area contributed by atoms with E-state index in [0.29, 0.717) is 17.7 Å². The molecule has 6 nitrogen and oxygen atoms in total. The van der Waals surface area contributed by atoms with Gasteiger partial charge < -0.3 is 14.2 Å². The molecule has 0 fully saturated rings. The van der Waals surface area contributed by atoms with Crippen molar-refractivity contribution in [2.45, 2.75) is 117 Å². The summed E-state index contributed by atoms with van der Waals surface area (Å²) in [5.74, 6) is 2.03. The maximum Gasteiger partial charge on any atom is 0.217 e. The molecule has 0 aliphatic carbocycles. The van der Waals surface area contributed by atoms with Gasteiger partial charge in [-0.1, -0.05) is 36.4 Å². The van der Waals surface area contributed by atoms with Crippen molar-refractivity contribution < 1.29 is 14.2 Å². The fraction of sp³-hybridized carbons (Fsp3) is 0.400. The molecule has 6 heteroatoms. The number of benzene rings is 4. The van der Waals surface area contributed by atoms with Crippen LogP contribution in [0.2, 0.25) is 0 Å². The summed E-state index contributed by atoms with van der Waals surface area (Å²) < 4.78 is 19.2. The molecule has 264 valence electrons. The van der Waals surface area contributed by atoms with Crippen molar-refractivity contribution in [1.29, 1.82) is 0 Å². The lowest BCUT2D eigenvalue weighted by atomic mass is 9.87. The molecule has 7 rings (SSSR count). The Morgan fingerprint density at radius 3 is 0.745 bits per heavy atom. The highest BCUT2D eigenvalue weighted by atomic mass is 16.5. The molecule has 4 aromatic rings. The smallest absolute Gasteiger partial charge is 0.217 e.